The van der Waals surface area contributed by atoms with Gasteiger partial charge in [0.25, 0.3) is 0 Å². The van der Waals surface area contributed by atoms with Gasteiger partial charge < -0.3 is 14.5 Å². The molecule has 1 aliphatic heterocycles. The van der Waals surface area contributed by atoms with E-state index < -0.39 is 17.6 Å². The molecular formula is C26H32ClN3O5. The molecule has 35 heavy (non-hydrogen) atoms. The van der Waals surface area contributed by atoms with Crippen LogP contribution in [0.2, 0.25) is 5.02 Å². The number of piperazine rings is 1. The summed E-state index contributed by atoms with van der Waals surface area (Å²) < 4.78 is 4.91. The fourth-order valence-corrected chi connectivity index (χ4v) is 4.14. The van der Waals surface area contributed by atoms with Crippen LogP contribution in [0.25, 0.3) is 0 Å². The van der Waals surface area contributed by atoms with E-state index in [1.807, 2.05) is 45.0 Å². The molecular weight excluding hydrogens is 470 g/mol. The van der Waals surface area contributed by atoms with Crippen molar-refractivity contribution in [2.24, 2.45) is 0 Å². The molecule has 1 aliphatic rings. The molecule has 0 bridgehead atoms. The Morgan fingerprint density at radius 1 is 1.06 bits per heavy atom. The molecule has 2 amide bonds. The van der Waals surface area contributed by atoms with Crippen molar-refractivity contribution in [1.82, 2.24) is 9.96 Å². The van der Waals surface area contributed by atoms with Gasteiger partial charge in [-0.3, -0.25) is 14.4 Å². The van der Waals surface area contributed by atoms with Crippen molar-refractivity contribution in [2.45, 2.75) is 38.8 Å². The first-order valence-corrected chi connectivity index (χ1v) is 11.9. The van der Waals surface area contributed by atoms with Gasteiger partial charge in [0.05, 0.1) is 24.0 Å². The molecule has 1 heterocycles. The molecule has 9 heteroatoms. The number of anilines is 1. The van der Waals surface area contributed by atoms with E-state index in [0.717, 1.165) is 16.3 Å². The maximum Gasteiger partial charge on any atom is 0.339 e. The van der Waals surface area contributed by atoms with Crippen LogP contribution in [0.15, 0.2) is 48.5 Å². The van der Waals surface area contributed by atoms with Gasteiger partial charge in [0.1, 0.15) is 6.04 Å². The van der Waals surface area contributed by atoms with Crippen LogP contribution in [0.3, 0.4) is 0 Å². The molecule has 0 radical (unpaired) electrons. The average molecular weight is 502 g/mol. The molecule has 0 aliphatic carbocycles. The van der Waals surface area contributed by atoms with E-state index in [1.54, 1.807) is 29.2 Å². The molecule has 1 saturated heterocycles. The third kappa shape index (κ3) is 6.96. The Balaban J connectivity index is 1.77. The highest BCUT2D eigenvalue weighted by atomic mass is 35.5. The number of ether oxygens (including phenoxy) is 1. The highest BCUT2D eigenvalue weighted by Gasteiger charge is 2.34. The number of amides is 2. The Labute approximate surface area is 211 Å². The van der Waals surface area contributed by atoms with Gasteiger partial charge in [-0.25, -0.2) is 9.86 Å². The standard InChI is InChI=1S/C26H32ClN3O5/c1-26(2,3)35-30(18-31)23(17-19-9-11-20(27)12-10-19)24(32)29-15-13-28(14-16-29)22-8-6-5-7-21(22)25(33)34-4/h5-12,18,23H,13-17H2,1-4H3/t23-/m1/s1. The number of halogens is 1. The number of methoxy groups -OCH3 is 1. The molecule has 0 unspecified atom stereocenters. The lowest BCUT2D eigenvalue weighted by Crippen LogP contribution is -2.56. The van der Waals surface area contributed by atoms with E-state index in [9.17, 15) is 14.4 Å². The first-order valence-electron chi connectivity index (χ1n) is 11.5. The Morgan fingerprint density at radius 3 is 2.26 bits per heavy atom. The maximum atomic E-state index is 13.6. The minimum atomic E-state index is -0.832. The first-order chi connectivity index (χ1) is 16.6. The number of nitrogens with zero attached hydrogens (tertiary/aromatic N) is 3. The van der Waals surface area contributed by atoms with Crippen LogP contribution in [0, 0.1) is 0 Å². The predicted molar refractivity (Wildman–Crippen MR) is 134 cm³/mol. The Morgan fingerprint density at radius 2 is 1.69 bits per heavy atom. The summed E-state index contributed by atoms with van der Waals surface area (Å²) in [5.41, 5.74) is 1.47. The fraction of sp³-hybridized carbons (Fsp3) is 0.423. The average Bonchev–Trinajstić information content (AvgIpc) is 2.85. The number of carbonyl (C=O) groups excluding carboxylic acids is 3. The second-order valence-corrected chi connectivity index (χ2v) is 9.77. The summed E-state index contributed by atoms with van der Waals surface area (Å²) in [5.74, 6) is -0.597. The summed E-state index contributed by atoms with van der Waals surface area (Å²) in [4.78, 5) is 47.4. The van der Waals surface area contributed by atoms with Crippen molar-refractivity contribution in [3.63, 3.8) is 0 Å². The zero-order valence-electron chi connectivity index (χ0n) is 20.6. The summed E-state index contributed by atoms with van der Waals surface area (Å²) in [6, 6.07) is 13.6. The van der Waals surface area contributed by atoms with Gasteiger partial charge in [0, 0.05) is 37.6 Å². The maximum absolute atomic E-state index is 13.6. The van der Waals surface area contributed by atoms with Gasteiger partial charge in [-0.2, -0.15) is 0 Å². The second-order valence-electron chi connectivity index (χ2n) is 9.34. The van der Waals surface area contributed by atoms with E-state index in [1.165, 1.54) is 7.11 Å². The molecule has 8 nitrogen and oxygen atoms in total. The smallest absolute Gasteiger partial charge is 0.339 e. The number of carbonyl (C=O) groups is 3. The molecule has 0 saturated carbocycles. The molecule has 0 aromatic heterocycles. The third-order valence-corrected chi connectivity index (χ3v) is 5.91. The number of benzene rings is 2. The minimum Gasteiger partial charge on any atom is -0.465 e. The van der Waals surface area contributed by atoms with Gasteiger partial charge in [-0.15, -0.1) is 0 Å². The van der Waals surface area contributed by atoms with Gasteiger partial charge in [0.2, 0.25) is 12.3 Å². The summed E-state index contributed by atoms with van der Waals surface area (Å²) >= 11 is 6.01. The van der Waals surface area contributed by atoms with Crippen LogP contribution in [-0.2, 0) is 25.6 Å². The number of para-hydroxylation sites is 1. The van der Waals surface area contributed by atoms with E-state index >= 15 is 0 Å². The number of hydrogen-bond donors (Lipinski definition) is 0. The highest BCUT2D eigenvalue weighted by Crippen LogP contribution is 2.24. The largest absolute Gasteiger partial charge is 0.465 e. The zero-order chi connectivity index (χ0) is 25.6. The lowest BCUT2D eigenvalue weighted by atomic mass is 10.0. The molecule has 3 rings (SSSR count). The first kappa shape index (κ1) is 26.5. The van der Waals surface area contributed by atoms with Crippen molar-refractivity contribution < 1.29 is 24.0 Å². The molecule has 2 aromatic rings. The fourth-order valence-electron chi connectivity index (χ4n) is 4.02. The van der Waals surface area contributed by atoms with Crippen molar-refractivity contribution in [1.29, 1.82) is 0 Å². The van der Waals surface area contributed by atoms with Gasteiger partial charge >= 0.3 is 5.97 Å². The summed E-state index contributed by atoms with van der Waals surface area (Å²) in [6.07, 6.45) is 0.850. The molecule has 2 aromatic carbocycles. The SMILES string of the molecule is COC(=O)c1ccccc1N1CCN(C(=O)[C@@H](Cc2ccc(Cl)cc2)N(C=O)OC(C)(C)C)CC1. The number of esters is 1. The van der Waals surface area contributed by atoms with E-state index in [0.29, 0.717) is 43.2 Å². The van der Waals surface area contributed by atoms with Crippen LogP contribution >= 0.6 is 11.6 Å². The van der Waals surface area contributed by atoms with Crippen molar-refractivity contribution in [3.05, 3.63) is 64.7 Å². The van der Waals surface area contributed by atoms with E-state index in [4.69, 9.17) is 21.2 Å². The van der Waals surface area contributed by atoms with Crippen LogP contribution in [0.4, 0.5) is 5.69 Å². The lowest BCUT2D eigenvalue weighted by molar-refractivity contribution is -0.232. The summed E-state index contributed by atoms with van der Waals surface area (Å²) in [5, 5.41) is 1.72. The van der Waals surface area contributed by atoms with Gasteiger partial charge in [-0.1, -0.05) is 35.9 Å². The van der Waals surface area contributed by atoms with Gasteiger partial charge in [0.15, 0.2) is 0 Å². The van der Waals surface area contributed by atoms with E-state index in [-0.39, 0.29) is 12.3 Å². The summed E-state index contributed by atoms with van der Waals surface area (Å²) in [7, 11) is 1.36. The van der Waals surface area contributed by atoms with Crippen molar-refractivity contribution >= 4 is 35.6 Å². The van der Waals surface area contributed by atoms with Crippen molar-refractivity contribution in [2.75, 3.05) is 38.2 Å². The molecule has 0 N–H and O–H groups in total. The Bertz CT molecular complexity index is 1030. The third-order valence-electron chi connectivity index (χ3n) is 5.66. The lowest BCUT2D eigenvalue weighted by Gasteiger charge is -2.40. The van der Waals surface area contributed by atoms with Crippen LogP contribution in [0.1, 0.15) is 36.7 Å². The Kier molecular flexibility index (Phi) is 8.75. The Hall–Kier alpha value is -3.10. The zero-order valence-corrected chi connectivity index (χ0v) is 21.3. The molecule has 1 fully saturated rings. The predicted octanol–water partition coefficient (Wildman–Crippen LogP) is 3.58. The minimum absolute atomic E-state index is 0.197. The summed E-state index contributed by atoms with van der Waals surface area (Å²) in [6.45, 7) is 7.42. The quantitative estimate of drug-likeness (QED) is 0.312. The van der Waals surface area contributed by atoms with Crippen molar-refractivity contribution in [3.8, 4) is 0 Å². The molecule has 0 spiro atoms. The number of hydroxylamine groups is 2. The topological polar surface area (TPSA) is 79.4 Å². The monoisotopic (exact) mass is 501 g/mol. The van der Waals surface area contributed by atoms with Crippen LogP contribution in [-0.4, -0.2) is 73.2 Å². The number of rotatable bonds is 8. The highest BCUT2D eigenvalue weighted by molar-refractivity contribution is 6.30. The van der Waals surface area contributed by atoms with Crippen LogP contribution < -0.4 is 4.90 Å². The molecule has 1 atom stereocenters. The molecule has 188 valence electrons. The number of hydrogen-bond acceptors (Lipinski definition) is 6. The second kappa shape index (κ2) is 11.6. The van der Waals surface area contributed by atoms with E-state index in [2.05, 4.69) is 4.90 Å². The normalized spacial score (nSPS) is 14.9. The van der Waals surface area contributed by atoms with Gasteiger partial charge in [-0.05, 0) is 50.6 Å². The van der Waals surface area contributed by atoms with Crippen LogP contribution in [0.5, 0.6) is 0 Å².